The number of hydrogen-bond acceptors (Lipinski definition) is 2. The number of nitrogens with one attached hydrogen (secondary N) is 2. The van der Waals surface area contributed by atoms with Crippen molar-refractivity contribution in [2.24, 2.45) is 0 Å². The summed E-state index contributed by atoms with van der Waals surface area (Å²) < 4.78 is 0. The molecular formula is C19H19ClN2O2. The molecule has 0 spiro atoms. The first kappa shape index (κ1) is 16.5. The van der Waals surface area contributed by atoms with Gasteiger partial charge in [0, 0.05) is 35.2 Å². The molecule has 0 aliphatic heterocycles. The van der Waals surface area contributed by atoms with Gasteiger partial charge in [0.15, 0.2) is 0 Å². The van der Waals surface area contributed by atoms with E-state index in [0.29, 0.717) is 17.8 Å². The highest BCUT2D eigenvalue weighted by atomic mass is 35.5. The SMILES string of the molecule is CC(=O)Nc1ccc(C(=O)NCC2(c3cccc(Cl)c3)CC2)cc1. The predicted octanol–water partition coefficient (Wildman–Crippen LogP) is 3.76. The number of anilines is 1. The van der Waals surface area contributed by atoms with Gasteiger partial charge in [-0.05, 0) is 54.8 Å². The number of rotatable bonds is 5. The first-order chi connectivity index (χ1) is 11.5. The molecule has 2 amide bonds. The number of halogens is 1. The molecule has 2 aromatic carbocycles. The zero-order valence-corrected chi connectivity index (χ0v) is 14.2. The van der Waals surface area contributed by atoms with Gasteiger partial charge in [-0.15, -0.1) is 0 Å². The molecule has 1 fully saturated rings. The van der Waals surface area contributed by atoms with Crippen molar-refractivity contribution >= 4 is 29.1 Å². The number of amides is 2. The molecule has 0 heterocycles. The van der Waals surface area contributed by atoms with Gasteiger partial charge in [0.25, 0.3) is 5.91 Å². The Hall–Kier alpha value is -2.33. The Morgan fingerprint density at radius 2 is 1.83 bits per heavy atom. The van der Waals surface area contributed by atoms with Gasteiger partial charge in [0.05, 0.1) is 0 Å². The molecule has 1 saturated carbocycles. The summed E-state index contributed by atoms with van der Waals surface area (Å²) in [5.74, 6) is -0.248. The number of hydrogen-bond donors (Lipinski definition) is 2. The van der Waals surface area contributed by atoms with Crippen LogP contribution in [0.5, 0.6) is 0 Å². The summed E-state index contributed by atoms with van der Waals surface area (Å²) in [6.45, 7) is 2.05. The summed E-state index contributed by atoms with van der Waals surface area (Å²) in [6.07, 6.45) is 2.10. The lowest BCUT2D eigenvalue weighted by Gasteiger charge is -2.17. The molecule has 0 unspecified atom stereocenters. The second-order valence-electron chi connectivity index (χ2n) is 6.23. The Balaban J connectivity index is 1.62. The van der Waals surface area contributed by atoms with E-state index in [-0.39, 0.29) is 17.2 Å². The quantitative estimate of drug-likeness (QED) is 0.869. The van der Waals surface area contributed by atoms with Gasteiger partial charge in [-0.25, -0.2) is 0 Å². The van der Waals surface area contributed by atoms with E-state index >= 15 is 0 Å². The number of carbonyl (C=O) groups is 2. The average Bonchev–Trinajstić information content (AvgIpc) is 3.34. The third kappa shape index (κ3) is 3.77. The normalized spacial score (nSPS) is 14.8. The second-order valence-corrected chi connectivity index (χ2v) is 6.67. The maximum atomic E-state index is 12.3. The Labute approximate surface area is 146 Å². The summed E-state index contributed by atoms with van der Waals surface area (Å²) in [5.41, 5.74) is 2.44. The van der Waals surface area contributed by atoms with Gasteiger partial charge >= 0.3 is 0 Å². The van der Waals surface area contributed by atoms with Crippen molar-refractivity contribution in [3.8, 4) is 0 Å². The predicted molar refractivity (Wildman–Crippen MR) is 95.4 cm³/mol. The fourth-order valence-electron chi connectivity index (χ4n) is 2.80. The standard InChI is InChI=1S/C19H19ClN2O2/c1-13(23)22-17-7-5-14(6-8-17)18(24)21-12-19(9-10-19)15-3-2-4-16(20)11-15/h2-8,11H,9-10,12H2,1H3,(H,21,24)(H,22,23). The van der Waals surface area contributed by atoms with Gasteiger partial charge in [0.2, 0.25) is 5.91 Å². The summed E-state index contributed by atoms with van der Waals surface area (Å²) in [5, 5.41) is 6.41. The lowest BCUT2D eigenvalue weighted by Crippen LogP contribution is -2.32. The largest absolute Gasteiger partial charge is 0.351 e. The Morgan fingerprint density at radius 1 is 1.12 bits per heavy atom. The maximum absolute atomic E-state index is 12.3. The van der Waals surface area contributed by atoms with Crippen LogP contribution in [-0.4, -0.2) is 18.4 Å². The van der Waals surface area contributed by atoms with Crippen molar-refractivity contribution in [1.29, 1.82) is 0 Å². The molecule has 5 heteroatoms. The van der Waals surface area contributed by atoms with E-state index in [1.165, 1.54) is 12.5 Å². The summed E-state index contributed by atoms with van der Waals surface area (Å²) in [7, 11) is 0. The Kier molecular flexibility index (Phi) is 4.58. The average molecular weight is 343 g/mol. The van der Waals surface area contributed by atoms with Gasteiger partial charge in [-0.1, -0.05) is 23.7 Å². The van der Waals surface area contributed by atoms with Gasteiger partial charge < -0.3 is 10.6 Å². The molecule has 124 valence electrons. The third-order valence-electron chi connectivity index (χ3n) is 4.35. The van der Waals surface area contributed by atoms with E-state index in [1.807, 2.05) is 18.2 Å². The zero-order valence-electron chi connectivity index (χ0n) is 13.4. The monoisotopic (exact) mass is 342 g/mol. The van der Waals surface area contributed by atoms with E-state index in [2.05, 4.69) is 16.7 Å². The molecule has 24 heavy (non-hydrogen) atoms. The molecule has 0 saturated heterocycles. The number of benzene rings is 2. The highest BCUT2D eigenvalue weighted by molar-refractivity contribution is 6.30. The van der Waals surface area contributed by atoms with Crippen LogP contribution in [0.25, 0.3) is 0 Å². The first-order valence-electron chi connectivity index (χ1n) is 7.90. The highest BCUT2D eigenvalue weighted by Gasteiger charge is 2.44. The van der Waals surface area contributed by atoms with Crippen LogP contribution in [0.3, 0.4) is 0 Å². The van der Waals surface area contributed by atoms with Crippen molar-refractivity contribution in [3.05, 3.63) is 64.7 Å². The molecule has 0 atom stereocenters. The van der Waals surface area contributed by atoms with E-state index in [0.717, 1.165) is 17.9 Å². The van der Waals surface area contributed by atoms with Crippen LogP contribution in [0.15, 0.2) is 48.5 Å². The summed E-state index contributed by atoms with van der Waals surface area (Å²) in [4.78, 5) is 23.3. The molecule has 1 aliphatic carbocycles. The fraction of sp³-hybridized carbons (Fsp3) is 0.263. The minimum atomic E-state index is -0.135. The molecule has 0 radical (unpaired) electrons. The van der Waals surface area contributed by atoms with Crippen LogP contribution >= 0.6 is 11.6 Å². The lowest BCUT2D eigenvalue weighted by atomic mass is 9.96. The smallest absolute Gasteiger partial charge is 0.251 e. The maximum Gasteiger partial charge on any atom is 0.251 e. The minimum absolute atomic E-state index is 0.0106. The molecule has 0 aromatic heterocycles. The van der Waals surface area contributed by atoms with Crippen LogP contribution in [0, 0.1) is 0 Å². The lowest BCUT2D eigenvalue weighted by molar-refractivity contribution is -0.114. The Bertz CT molecular complexity index is 767. The van der Waals surface area contributed by atoms with Gasteiger partial charge in [-0.2, -0.15) is 0 Å². The molecule has 2 aromatic rings. The summed E-state index contributed by atoms with van der Waals surface area (Å²) >= 11 is 6.07. The van der Waals surface area contributed by atoms with E-state index in [9.17, 15) is 9.59 Å². The van der Waals surface area contributed by atoms with Crippen LogP contribution in [-0.2, 0) is 10.2 Å². The van der Waals surface area contributed by atoms with Gasteiger partial charge in [-0.3, -0.25) is 9.59 Å². The van der Waals surface area contributed by atoms with Crippen molar-refractivity contribution in [1.82, 2.24) is 5.32 Å². The molecule has 3 rings (SSSR count). The highest BCUT2D eigenvalue weighted by Crippen LogP contribution is 2.48. The van der Waals surface area contributed by atoms with Crippen LogP contribution in [0.2, 0.25) is 5.02 Å². The second kappa shape index (κ2) is 6.65. The van der Waals surface area contributed by atoms with Crippen LogP contribution in [0.4, 0.5) is 5.69 Å². The van der Waals surface area contributed by atoms with Crippen molar-refractivity contribution in [2.45, 2.75) is 25.2 Å². The molecule has 1 aliphatic rings. The van der Waals surface area contributed by atoms with Crippen molar-refractivity contribution in [3.63, 3.8) is 0 Å². The van der Waals surface area contributed by atoms with Crippen molar-refractivity contribution in [2.75, 3.05) is 11.9 Å². The molecule has 4 nitrogen and oxygen atoms in total. The van der Waals surface area contributed by atoms with E-state index < -0.39 is 0 Å². The van der Waals surface area contributed by atoms with Crippen LogP contribution in [0.1, 0.15) is 35.7 Å². The minimum Gasteiger partial charge on any atom is -0.351 e. The zero-order chi connectivity index (χ0) is 17.2. The number of carbonyl (C=O) groups excluding carboxylic acids is 2. The van der Waals surface area contributed by atoms with E-state index in [1.54, 1.807) is 24.3 Å². The molecule has 0 bridgehead atoms. The van der Waals surface area contributed by atoms with Crippen molar-refractivity contribution < 1.29 is 9.59 Å². The molecule has 2 N–H and O–H groups in total. The molecular weight excluding hydrogens is 324 g/mol. The van der Waals surface area contributed by atoms with Crippen LogP contribution < -0.4 is 10.6 Å². The van der Waals surface area contributed by atoms with E-state index in [4.69, 9.17) is 11.6 Å². The first-order valence-corrected chi connectivity index (χ1v) is 8.28. The Morgan fingerprint density at radius 3 is 2.42 bits per heavy atom. The third-order valence-corrected chi connectivity index (χ3v) is 4.58. The summed E-state index contributed by atoms with van der Waals surface area (Å²) in [6, 6.07) is 14.7. The topological polar surface area (TPSA) is 58.2 Å². The fourth-order valence-corrected chi connectivity index (χ4v) is 2.99. The van der Waals surface area contributed by atoms with Gasteiger partial charge in [0.1, 0.15) is 0 Å².